The van der Waals surface area contributed by atoms with Gasteiger partial charge in [0, 0.05) is 27.5 Å². The van der Waals surface area contributed by atoms with Crippen LogP contribution >= 0.6 is 0 Å². The summed E-state index contributed by atoms with van der Waals surface area (Å²) in [5, 5.41) is 2.55. The lowest BCUT2D eigenvalue weighted by Gasteiger charge is -2.39. The molecule has 1 atom stereocenters. The van der Waals surface area contributed by atoms with E-state index < -0.39 is 5.41 Å². The minimum atomic E-state index is -0.524. The lowest BCUT2D eigenvalue weighted by atomic mass is 9.65. The van der Waals surface area contributed by atoms with Gasteiger partial charge in [0.1, 0.15) is 0 Å². The Morgan fingerprint density at radius 2 is 0.806 bits per heavy atom. The predicted octanol–water partition coefficient (Wildman–Crippen LogP) is 14.0. The monoisotopic (exact) mass is 788 g/mol. The highest BCUT2D eigenvalue weighted by atomic mass is 15.0. The summed E-state index contributed by atoms with van der Waals surface area (Å²) >= 11 is 0. The Labute approximate surface area is 359 Å². The molecule has 288 valence electrons. The first-order chi connectivity index (χ1) is 30.7. The van der Waals surface area contributed by atoms with E-state index in [0.29, 0.717) is 17.5 Å². The van der Waals surface area contributed by atoms with Crippen LogP contribution in [0.25, 0.3) is 95.0 Å². The summed E-state index contributed by atoms with van der Waals surface area (Å²) in [6, 6.07) is 78.6. The van der Waals surface area contributed by atoms with E-state index in [1.165, 1.54) is 66.4 Å². The van der Waals surface area contributed by atoms with E-state index >= 15 is 0 Å². The van der Waals surface area contributed by atoms with Gasteiger partial charge in [-0.1, -0.05) is 194 Å². The number of hydrogen-bond acceptors (Lipinski definition) is 3. The predicted molar refractivity (Wildman–Crippen MR) is 252 cm³/mol. The van der Waals surface area contributed by atoms with Crippen molar-refractivity contribution in [1.29, 1.82) is 0 Å². The van der Waals surface area contributed by atoms with Gasteiger partial charge in [0.15, 0.2) is 17.5 Å². The third kappa shape index (κ3) is 4.98. The Morgan fingerprint density at radius 3 is 1.61 bits per heavy atom. The van der Waals surface area contributed by atoms with E-state index in [4.69, 9.17) is 15.0 Å². The van der Waals surface area contributed by atoms with Gasteiger partial charge in [0.25, 0.3) is 0 Å². The topological polar surface area (TPSA) is 43.6 Å². The van der Waals surface area contributed by atoms with E-state index in [-0.39, 0.29) is 0 Å². The van der Waals surface area contributed by atoms with Crippen LogP contribution in [0.5, 0.6) is 0 Å². The van der Waals surface area contributed by atoms with Gasteiger partial charge < -0.3 is 4.57 Å². The molecule has 4 nitrogen and oxygen atoms in total. The summed E-state index contributed by atoms with van der Waals surface area (Å²) in [5.74, 6) is 1.91. The van der Waals surface area contributed by atoms with Gasteiger partial charge in [-0.3, -0.25) is 0 Å². The summed E-state index contributed by atoms with van der Waals surface area (Å²) in [6.45, 7) is 0. The average molecular weight is 789 g/mol. The Morgan fingerprint density at radius 1 is 0.306 bits per heavy atom. The van der Waals surface area contributed by atoms with Gasteiger partial charge in [-0.05, 0) is 79.9 Å². The zero-order chi connectivity index (χ0) is 40.8. The van der Waals surface area contributed by atoms with Crippen LogP contribution in [0.4, 0.5) is 0 Å². The quantitative estimate of drug-likeness (QED) is 0.174. The van der Waals surface area contributed by atoms with Crippen molar-refractivity contribution in [3.05, 3.63) is 241 Å². The summed E-state index contributed by atoms with van der Waals surface area (Å²) in [6.07, 6.45) is 0. The highest BCUT2D eigenvalue weighted by Crippen LogP contribution is 2.61. The summed E-state index contributed by atoms with van der Waals surface area (Å²) in [5.41, 5.74) is 18.3. The van der Waals surface area contributed by atoms with Crippen LogP contribution in [-0.2, 0) is 5.41 Å². The first-order valence-corrected chi connectivity index (χ1v) is 21.2. The maximum absolute atomic E-state index is 5.15. The fraction of sp³-hybridized carbons (Fsp3) is 0.0172. The van der Waals surface area contributed by atoms with E-state index in [0.717, 1.165) is 33.4 Å². The second-order valence-electron chi connectivity index (χ2n) is 16.3. The van der Waals surface area contributed by atoms with E-state index in [1.807, 2.05) is 24.3 Å². The molecular formula is C58H36N4. The van der Waals surface area contributed by atoms with Crippen molar-refractivity contribution in [2.24, 2.45) is 0 Å². The second-order valence-corrected chi connectivity index (χ2v) is 16.3. The molecule has 0 N–H and O–H groups in total. The molecule has 0 amide bonds. The fourth-order valence-corrected chi connectivity index (χ4v) is 10.4. The van der Waals surface area contributed by atoms with Crippen molar-refractivity contribution in [2.45, 2.75) is 5.41 Å². The van der Waals surface area contributed by atoms with Gasteiger partial charge in [-0.15, -0.1) is 0 Å². The zero-order valence-electron chi connectivity index (χ0n) is 33.6. The van der Waals surface area contributed by atoms with Crippen LogP contribution in [0.2, 0.25) is 0 Å². The van der Waals surface area contributed by atoms with Crippen molar-refractivity contribution in [2.75, 3.05) is 0 Å². The Balaban J connectivity index is 0.986. The smallest absolute Gasteiger partial charge is 0.164 e. The minimum absolute atomic E-state index is 0.524. The van der Waals surface area contributed by atoms with Crippen molar-refractivity contribution in [3.8, 4) is 73.2 Å². The van der Waals surface area contributed by atoms with Crippen LogP contribution in [-0.4, -0.2) is 19.5 Å². The molecule has 0 bridgehead atoms. The molecule has 62 heavy (non-hydrogen) atoms. The lowest BCUT2D eigenvalue weighted by molar-refractivity contribution is 0.749. The lowest BCUT2D eigenvalue weighted by Crippen LogP contribution is -2.33. The molecule has 11 aromatic rings. The Hall–Kier alpha value is -8.21. The van der Waals surface area contributed by atoms with Crippen molar-refractivity contribution in [1.82, 2.24) is 19.5 Å². The van der Waals surface area contributed by atoms with E-state index in [1.54, 1.807) is 0 Å². The number of hydrogen-bond donors (Lipinski definition) is 0. The van der Waals surface area contributed by atoms with Gasteiger partial charge in [-0.2, -0.15) is 0 Å². The molecule has 2 aliphatic rings. The Kier molecular flexibility index (Phi) is 7.49. The minimum Gasteiger partial charge on any atom is -0.309 e. The standard InChI is InChI=1S/C58H36N4/c1-3-15-37(16-4-1)38-29-31-40(32-30-38)56-59-55(39-17-5-2-6-18-39)60-57(61-56)43-20-13-19-41(35-43)42-33-34-45-44-21-7-9-24-48(44)58(51(45)36-42)49-25-10-12-28-53(49)62-52-27-11-8-22-46(52)47-23-14-26-50(58)54(47)62/h1-36H. The highest BCUT2D eigenvalue weighted by Gasteiger charge is 2.50. The average Bonchev–Trinajstić information content (AvgIpc) is 3.85. The number of fused-ring (bicyclic) bond motifs is 12. The number of benzene rings is 9. The molecule has 1 spiro atoms. The maximum Gasteiger partial charge on any atom is 0.164 e. The SMILES string of the molecule is c1ccc(-c2ccc(-c3nc(-c4ccccc4)nc(-c4cccc(-c5ccc6c(c5)C5(c7ccccc7-6)c6ccccc6-n6c7ccccc7c7cccc5c76)c4)n3)cc2)cc1. The number of nitrogens with zero attached hydrogens (tertiary/aromatic N) is 4. The van der Waals surface area contributed by atoms with Gasteiger partial charge >= 0.3 is 0 Å². The number of aromatic nitrogens is 4. The molecule has 9 aromatic carbocycles. The first kappa shape index (κ1) is 34.6. The number of para-hydroxylation sites is 3. The molecule has 0 saturated heterocycles. The molecule has 1 aliphatic carbocycles. The third-order valence-corrected chi connectivity index (χ3v) is 13.1. The largest absolute Gasteiger partial charge is 0.309 e. The third-order valence-electron chi connectivity index (χ3n) is 13.1. The first-order valence-electron chi connectivity index (χ1n) is 21.2. The fourth-order valence-electron chi connectivity index (χ4n) is 10.4. The molecular weight excluding hydrogens is 753 g/mol. The molecule has 0 radical (unpaired) electrons. The summed E-state index contributed by atoms with van der Waals surface area (Å²) < 4.78 is 2.50. The van der Waals surface area contributed by atoms with Crippen LogP contribution in [0.3, 0.4) is 0 Å². The van der Waals surface area contributed by atoms with Crippen LogP contribution < -0.4 is 0 Å². The van der Waals surface area contributed by atoms with E-state index in [9.17, 15) is 0 Å². The molecule has 1 aliphatic heterocycles. The normalized spacial score (nSPS) is 14.5. The molecule has 2 aromatic heterocycles. The highest BCUT2D eigenvalue weighted by molar-refractivity contribution is 6.13. The molecule has 13 rings (SSSR count). The molecule has 1 unspecified atom stereocenters. The summed E-state index contributed by atoms with van der Waals surface area (Å²) in [4.78, 5) is 15.3. The van der Waals surface area contributed by atoms with Crippen molar-refractivity contribution in [3.63, 3.8) is 0 Å². The van der Waals surface area contributed by atoms with Gasteiger partial charge in [0.05, 0.1) is 22.1 Å². The Bertz CT molecular complexity index is 3570. The summed E-state index contributed by atoms with van der Waals surface area (Å²) in [7, 11) is 0. The molecule has 0 saturated carbocycles. The zero-order valence-corrected chi connectivity index (χ0v) is 33.6. The van der Waals surface area contributed by atoms with Crippen LogP contribution in [0, 0.1) is 0 Å². The van der Waals surface area contributed by atoms with Crippen LogP contribution in [0.1, 0.15) is 22.3 Å². The van der Waals surface area contributed by atoms with Crippen LogP contribution in [0.15, 0.2) is 218 Å². The molecule has 3 heterocycles. The van der Waals surface area contributed by atoms with Crippen molar-refractivity contribution < 1.29 is 0 Å². The maximum atomic E-state index is 5.15. The van der Waals surface area contributed by atoms with E-state index in [2.05, 4.69) is 199 Å². The van der Waals surface area contributed by atoms with Gasteiger partial charge in [-0.25, -0.2) is 15.0 Å². The number of rotatable bonds is 5. The second kappa shape index (κ2) is 13.4. The van der Waals surface area contributed by atoms with Gasteiger partial charge in [0.2, 0.25) is 0 Å². The van der Waals surface area contributed by atoms with Crippen molar-refractivity contribution >= 4 is 21.8 Å². The molecule has 4 heteroatoms. The molecule has 0 fully saturated rings.